The molecule has 0 aromatic heterocycles. The Hall–Kier alpha value is -2.48. The number of benzene rings is 2. The zero-order valence-corrected chi connectivity index (χ0v) is 15.9. The van der Waals surface area contributed by atoms with Crippen LogP contribution in [-0.4, -0.2) is 18.1 Å². The molecule has 1 aliphatic heterocycles. The van der Waals surface area contributed by atoms with Crippen molar-refractivity contribution in [2.45, 2.75) is 44.9 Å². The summed E-state index contributed by atoms with van der Waals surface area (Å²) in [7, 11) is 0. The molecule has 0 saturated heterocycles. The summed E-state index contributed by atoms with van der Waals surface area (Å²) in [6, 6.07) is 17.1. The molecule has 2 aliphatic carbocycles. The van der Waals surface area contributed by atoms with Gasteiger partial charge in [0.2, 0.25) is 0 Å². The van der Waals surface area contributed by atoms with Crippen LogP contribution in [0.25, 0.3) is 5.57 Å². The van der Waals surface area contributed by atoms with Crippen LogP contribution in [0, 0.1) is 5.41 Å². The van der Waals surface area contributed by atoms with E-state index in [-0.39, 0.29) is 0 Å². The third-order valence-corrected chi connectivity index (χ3v) is 6.54. The second-order valence-electron chi connectivity index (χ2n) is 8.45. The summed E-state index contributed by atoms with van der Waals surface area (Å²) in [4.78, 5) is 9.48. The minimum Gasteiger partial charge on any atom is -0.260 e. The van der Waals surface area contributed by atoms with Gasteiger partial charge in [0.15, 0.2) is 5.84 Å². The summed E-state index contributed by atoms with van der Waals surface area (Å²) in [5.74, 6) is 0.850. The van der Waals surface area contributed by atoms with E-state index in [4.69, 9.17) is 4.99 Å². The molecule has 136 valence electrons. The van der Waals surface area contributed by atoms with E-state index in [1.165, 1.54) is 67.2 Å². The highest BCUT2D eigenvalue weighted by Crippen LogP contribution is 2.49. The number of allylic oxidation sites excluding steroid dienone is 1. The monoisotopic (exact) mass is 354 g/mol. The molecule has 3 aliphatic rings. The summed E-state index contributed by atoms with van der Waals surface area (Å²) < 4.78 is 0. The van der Waals surface area contributed by atoms with Crippen LogP contribution in [0.15, 0.2) is 65.1 Å². The standard InChI is InChI=1S/C25H26N2/c1-18-15-25(12-6-3-7-13-25)16-21-11-10-20(14-22(18)21)23-17-26-24(27-23)19-8-4-2-5-9-19/h2,4-5,8-11,14H,1,3,6-7,12-13,15-17H2. The van der Waals surface area contributed by atoms with Gasteiger partial charge in [-0.1, -0.05) is 68.3 Å². The third kappa shape index (κ3) is 3.07. The Morgan fingerprint density at radius 2 is 1.67 bits per heavy atom. The summed E-state index contributed by atoms with van der Waals surface area (Å²) in [5.41, 5.74) is 8.01. The van der Waals surface area contributed by atoms with Crippen molar-refractivity contribution in [3.63, 3.8) is 0 Å². The van der Waals surface area contributed by atoms with Crippen molar-refractivity contribution in [2.24, 2.45) is 15.4 Å². The lowest BCUT2D eigenvalue weighted by molar-refractivity contribution is 0.189. The zero-order valence-electron chi connectivity index (χ0n) is 15.9. The zero-order chi connectivity index (χ0) is 18.3. The number of amidine groups is 1. The predicted molar refractivity (Wildman–Crippen MR) is 114 cm³/mol. The van der Waals surface area contributed by atoms with Crippen LogP contribution >= 0.6 is 0 Å². The van der Waals surface area contributed by atoms with Crippen LogP contribution in [0.3, 0.4) is 0 Å². The fourth-order valence-corrected chi connectivity index (χ4v) is 5.16. The van der Waals surface area contributed by atoms with Crippen molar-refractivity contribution < 1.29 is 0 Å². The molecule has 2 aromatic carbocycles. The topological polar surface area (TPSA) is 24.7 Å². The maximum atomic E-state index is 4.82. The van der Waals surface area contributed by atoms with Crippen molar-refractivity contribution in [1.82, 2.24) is 0 Å². The molecule has 5 rings (SSSR count). The molecule has 0 bridgehead atoms. The van der Waals surface area contributed by atoms with E-state index in [0.717, 1.165) is 17.1 Å². The van der Waals surface area contributed by atoms with Crippen molar-refractivity contribution in [3.05, 3.63) is 77.4 Å². The van der Waals surface area contributed by atoms with Gasteiger partial charge in [0.25, 0.3) is 0 Å². The quantitative estimate of drug-likeness (QED) is 0.647. The van der Waals surface area contributed by atoms with Gasteiger partial charge in [0.05, 0.1) is 12.3 Å². The first-order valence-corrected chi connectivity index (χ1v) is 10.2. The molecule has 0 unspecified atom stereocenters. The van der Waals surface area contributed by atoms with Crippen molar-refractivity contribution >= 4 is 17.1 Å². The Morgan fingerprint density at radius 1 is 0.852 bits per heavy atom. The van der Waals surface area contributed by atoms with Crippen LogP contribution in [0.4, 0.5) is 0 Å². The highest BCUT2D eigenvalue weighted by Gasteiger charge is 2.37. The average molecular weight is 354 g/mol. The van der Waals surface area contributed by atoms with Gasteiger partial charge in [-0.3, -0.25) is 4.99 Å². The molecule has 0 amide bonds. The minimum absolute atomic E-state index is 0.484. The predicted octanol–water partition coefficient (Wildman–Crippen LogP) is 5.85. The first-order valence-electron chi connectivity index (χ1n) is 10.2. The Labute approximate surface area is 161 Å². The maximum absolute atomic E-state index is 4.82. The highest BCUT2D eigenvalue weighted by atomic mass is 15.0. The molecule has 0 N–H and O–H groups in total. The number of nitrogens with zero attached hydrogens (tertiary/aromatic N) is 2. The van der Waals surface area contributed by atoms with Gasteiger partial charge in [0.1, 0.15) is 0 Å². The number of hydrogen-bond acceptors (Lipinski definition) is 2. The number of hydrogen-bond donors (Lipinski definition) is 0. The van der Waals surface area contributed by atoms with Crippen LogP contribution in [0.2, 0.25) is 0 Å². The first-order chi connectivity index (χ1) is 13.2. The Bertz CT molecular complexity index is 944. The highest BCUT2D eigenvalue weighted by molar-refractivity contribution is 6.17. The summed E-state index contributed by atoms with van der Waals surface area (Å²) in [5, 5.41) is 0. The largest absolute Gasteiger partial charge is 0.260 e. The lowest BCUT2D eigenvalue weighted by Crippen LogP contribution is -2.30. The van der Waals surface area contributed by atoms with E-state index in [0.29, 0.717) is 12.0 Å². The van der Waals surface area contributed by atoms with E-state index in [1.54, 1.807) is 0 Å². The molecule has 27 heavy (non-hydrogen) atoms. The Morgan fingerprint density at radius 3 is 2.48 bits per heavy atom. The molecule has 1 heterocycles. The van der Waals surface area contributed by atoms with E-state index in [2.05, 4.69) is 41.9 Å². The van der Waals surface area contributed by atoms with Gasteiger partial charge < -0.3 is 0 Å². The van der Waals surface area contributed by atoms with E-state index in [1.807, 2.05) is 18.2 Å². The normalized spacial score (nSPS) is 21.0. The van der Waals surface area contributed by atoms with Gasteiger partial charge >= 0.3 is 0 Å². The van der Waals surface area contributed by atoms with Gasteiger partial charge in [0, 0.05) is 5.56 Å². The first kappa shape index (κ1) is 16.7. The fraction of sp³-hybridized carbons (Fsp3) is 0.360. The summed E-state index contributed by atoms with van der Waals surface area (Å²) >= 11 is 0. The maximum Gasteiger partial charge on any atom is 0.155 e. The number of fused-ring (bicyclic) bond motifs is 1. The van der Waals surface area contributed by atoms with Crippen molar-refractivity contribution in [1.29, 1.82) is 0 Å². The van der Waals surface area contributed by atoms with Gasteiger partial charge in [-0.05, 0) is 59.4 Å². The number of aliphatic imine (C=N–C) groups is 2. The van der Waals surface area contributed by atoms with Gasteiger partial charge in [-0.15, -0.1) is 0 Å². The fourth-order valence-electron chi connectivity index (χ4n) is 5.16. The molecule has 1 saturated carbocycles. The van der Waals surface area contributed by atoms with Crippen molar-refractivity contribution in [2.75, 3.05) is 6.54 Å². The molecule has 0 radical (unpaired) electrons. The van der Waals surface area contributed by atoms with E-state index >= 15 is 0 Å². The van der Waals surface area contributed by atoms with Gasteiger partial charge in [-0.25, -0.2) is 4.99 Å². The van der Waals surface area contributed by atoms with Crippen LogP contribution < -0.4 is 0 Å². The molecule has 0 atom stereocenters. The Balaban J connectivity index is 1.43. The van der Waals surface area contributed by atoms with E-state index in [9.17, 15) is 0 Å². The molecular weight excluding hydrogens is 328 g/mol. The minimum atomic E-state index is 0.484. The number of rotatable bonds is 2. The second kappa shape index (κ2) is 6.60. The third-order valence-electron chi connectivity index (χ3n) is 6.54. The van der Waals surface area contributed by atoms with Crippen LogP contribution in [-0.2, 0) is 6.42 Å². The smallest absolute Gasteiger partial charge is 0.155 e. The van der Waals surface area contributed by atoms with Crippen LogP contribution in [0.5, 0.6) is 0 Å². The van der Waals surface area contributed by atoms with Crippen LogP contribution in [0.1, 0.15) is 60.8 Å². The SMILES string of the molecule is C=C1CC2(CCCCC2)Cc2ccc(C3=NC(c4ccccc4)=NC3)cc21. The van der Waals surface area contributed by atoms with E-state index < -0.39 is 0 Å². The molecule has 2 nitrogen and oxygen atoms in total. The second-order valence-corrected chi connectivity index (χ2v) is 8.45. The Kier molecular flexibility index (Phi) is 4.07. The summed E-state index contributed by atoms with van der Waals surface area (Å²) in [6.07, 6.45) is 9.31. The molecule has 1 fully saturated rings. The molecule has 2 aromatic rings. The lowest BCUT2D eigenvalue weighted by Gasteiger charge is -2.42. The average Bonchev–Trinajstić information content (AvgIpc) is 3.19. The summed E-state index contributed by atoms with van der Waals surface area (Å²) in [6.45, 7) is 5.13. The van der Waals surface area contributed by atoms with Crippen molar-refractivity contribution in [3.8, 4) is 0 Å². The molecular formula is C25H26N2. The van der Waals surface area contributed by atoms with Gasteiger partial charge in [-0.2, -0.15) is 0 Å². The lowest BCUT2D eigenvalue weighted by atomic mass is 9.62. The molecule has 1 spiro atoms. The molecule has 2 heteroatoms.